The number of ether oxygens (including phenoxy) is 1. The van der Waals surface area contributed by atoms with Crippen molar-refractivity contribution >= 4 is 21.6 Å². The number of hydrogen-bond acceptors (Lipinski definition) is 4. The van der Waals surface area contributed by atoms with Gasteiger partial charge in [-0.1, -0.05) is 11.6 Å². The fraction of sp³-hybridized carbons (Fsp3) is 0.625. The third-order valence-electron chi connectivity index (χ3n) is 3.99. The van der Waals surface area contributed by atoms with E-state index in [2.05, 4.69) is 9.62 Å². The second kappa shape index (κ2) is 8.43. The molecule has 1 saturated heterocycles. The van der Waals surface area contributed by atoms with Crippen molar-refractivity contribution in [3.05, 3.63) is 28.8 Å². The van der Waals surface area contributed by atoms with Crippen LogP contribution in [0.4, 0.5) is 13.2 Å². The first kappa shape index (κ1) is 21.4. The SMILES string of the molecule is CC1CN(CCCNS(=O)(=O)c2ccc(Cl)c(C(F)(F)F)c2)CC(C)O1. The summed E-state index contributed by atoms with van der Waals surface area (Å²) in [5.41, 5.74) is -1.17. The first-order valence-electron chi connectivity index (χ1n) is 8.23. The van der Waals surface area contributed by atoms with E-state index in [4.69, 9.17) is 16.3 Å². The summed E-state index contributed by atoms with van der Waals surface area (Å²) in [6.45, 7) is 6.29. The van der Waals surface area contributed by atoms with Gasteiger partial charge in [0.05, 0.1) is 27.7 Å². The van der Waals surface area contributed by atoms with Crippen LogP contribution in [0.15, 0.2) is 23.1 Å². The lowest BCUT2D eigenvalue weighted by molar-refractivity contribution is -0.137. The summed E-state index contributed by atoms with van der Waals surface area (Å²) < 4.78 is 71.0. The zero-order valence-electron chi connectivity index (χ0n) is 14.5. The average Bonchev–Trinajstić information content (AvgIpc) is 2.50. The van der Waals surface area contributed by atoms with E-state index in [0.717, 1.165) is 25.2 Å². The molecule has 2 unspecified atom stereocenters. The normalized spacial score (nSPS) is 22.5. The summed E-state index contributed by atoms with van der Waals surface area (Å²) in [7, 11) is -4.04. The maximum Gasteiger partial charge on any atom is 0.417 e. The van der Waals surface area contributed by atoms with Crippen molar-refractivity contribution in [1.82, 2.24) is 9.62 Å². The van der Waals surface area contributed by atoms with Crippen LogP contribution in [-0.4, -0.2) is 51.7 Å². The number of alkyl halides is 3. The minimum Gasteiger partial charge on any atom is -0.373 e. The summed E-state index contributed by atoms with van der Waals surface area (Å²) in [6.07, 6.45) is -3.94. The zero-order chi connectivity index (χ0) is 19.5. The highest BCUT2D eigenvalue weighted by Gasteiger charge is 2.34. The maximum atomic E-state index is 12.9. The van der Waals surface area contributed by atoms with Crippen molar-refractivity contribution < 1.29 is 26.3 Å². The van der Waals surface area contributed by atoms with Crippen molar-refractivity contribution in [2.45, 2.75) is 43.5 Å². The van der Waals surface area contributed by atoms with Gasteiger partial charge in [0, 0.05) is 19.6 Å². The Bertz CT molecular complexity index is 718. The van der Waals surface area contributed by atoms with Gasteiger partial charge in [0.25, 0.3) is 0 Å². The van der Waals surface area contributed by atoms with Crippen LogP contribution >= 0.6 is 11.6 Å². The molecule has 2 atom stereocenters. The van der Waals surface area contributed by atoms with Gasteiger partial charge in [-0.15, -0.1) is 0 Å². The summed E-state index contributed by atoms with van der Waals surface area (Å²) in [5, 5.41) is -0.535. The van der Waals surface area contributed by atoms with E-state index < -0.39 is 31.7 Å². The second-order valence-electron chi connectivity index (χ2n) is 6.41. The van der Waals surface area contributed by atoms with Gasteiger partial charge in [-0.2, -0.15) is 13.2 Å². The summed E-state index contributed by atoms with van der Waals surface area (Å²) in [6, 6.07) is 2.55. The smallest absolute Gasteiger partial charge is 0.373 e. The molecule has 0 spiro atoms. The van der Waals surface area contributed by atoms with Crippen molar-refractivity contribution in [1.29, 1.82) is 0 Å². The Balaban J connectivity index is 1.93. The monoisotopic (exact) mass is 414 g/mol. The molecule has 2 rings (SSSR count). The molecule has 1 aliphatic rings. The Morgan fingerprint density at radius 1 is 1.27 bits per heavy atom. The van der Waals surface area contributed by atoms with Gasteiger partial charge in [-0.25, -0.2) is 13.1 Å². The fourth-order valence-corrected chi connectivity index (χ4v) is 4.27. The van der Waals surface area contributed by atoms with E-state index in [-0.39, 0.29) is 18.8 Å². The fourth-order valence-electron chi connectivity index (χ4n) is 2.95. The van der Waals surface area contributed by atoms with Crippen LogP contribution in [0.25, 0.3) is 0 Å². The first-order chi connectivity index (χ1) is 12.0. The van der Waals surface area contributed by atoms with E-state index >= 15 is 0 Å². The van der Waals surface area contributed by atoms with E-state index in [0.29, 0.717) is 19.0 Å². The standard InChI is InChI=1S/C16H22ClF3N2O3S/c1-11-9-22(10-12(2)25-11)7-3-6-21-26(23,24)13-4-5-15(17)14(8-13)16(18,19)20/h4-5,8,11-12,21H,3,6-7,9-10H2,1-2H3. The lowest BCUT2D eigenvalue weighted by Crippen LogP contribution is -2.46. The van der Waals surface area contributed by atoms with Crippen molar-refractivity contribution in [2.75, 3.05) is 26.2 Å². The Morgan fingerprint density at radius 3 is 2.46 bits per heavy atom. The minimum atomic E-state index is -4.72. The second-order valence-corrected chi connectivity index (χ2v) is 8.58. The number of rotatable bonds is 6. The highest BCUT2D eigenvalue weighted by Crippen LogP contribution is 2.35. The van der Waals surface area contributed by atoms with Gasteiger partial charge in [0.2, 0.25) is 10.0 Å². The molecular formula is C16H22ClF3N2O3S. The van der Waals surface area contributed by atoms with Crippen LogP contribution in [0.3, 0.4) is 0 Å². The number of halogens is 4. The van der Waals surface area contributed by atoms with Crippen LogP contribution in [0, 0.1) is 0 Å². The Hall–Kier alpha value is -0.870. The largest absolute Gasteiger partial charge is 0.417 e. The maximum absolute atomic E-state index is 12.9. The van der Waals surface area contributed by atoms with Crippen LogP contribution in [0.1, 0.15) is 25.8 Å². The highest BCUT2D eigenvalue weighted by molar-refractivity contribution is 7.89. The summed E-state index contributed by atoms with van der Waals surface area (Å²) in [4.78, 5) is 1.72. The number of benzene rings is 1. The van der Waals surface area contributed by atoms with Gasteiger partial charge in [0.1, 0.15) is 0 Å². The minimum absolute atomic E-state index is 0.116. The number of nitrogens with one attached hydrogen (secondary N) is 1. The molecule has 5 nitrogen and oxygen atoms in total. The molecule has 0 aliphatic carbocycles. The van der Waals surface area contributed by atoms with Gasteiger partial charge in [-0.05, 0) is 45.0 Å². The topological polar surface area (TPSA) is 58.6 Å². The van der Waals surface area contributed by atoms with Gasteiger partial charge < -0.3 is 4.74 Å². The first-order valence-corrected chi connectivity index (χ1v) is 10.1. The molecule has 1 aliphatic heterocycles. The lowest BCUT2D eigenvalue weighted by Gasteiger charge is -2.35. The molecule has 0 amide bonds. The quantitative estimate of drug-likeness (QED) is 0.726. The van der Waals surface area contributed by atoms with E-state index in [1.165, 1.54) is 0 Å². The molecule has 148 valence electrons. The summed E-state index contributed by atoms with van der Waals surface area (Å²) >= 11 is 5.52. The molecule has 0 bridgehead atoms. The van der Waals surface area contributed by atoms with Gasteiger partial charge in [-0.3, -0.25) is 4.90 Å². The molecular weight excluding hydrogens is 393 g/mol. The molecule has 0 aromatic heterocycles. The number of nitrogens with zero attached hydrogens (tertiary/aromatic N) is 1. The van der Waals surface area contributed by atoms with Gasteiger partial charge >= 0.3 is 6.18 Å². The third-order valence-corrected chi connectivity index (χ3v) is 5.78. The molecule has 0 saturated carbocycles. The van der Waals surface area contributed by atoms with Crippen LogP contribution < -0.4 is 4.72 Å². The van der Waals surface area contributed by atoms with Gasteiger partial charge in [0.15, 0.2) is 0 Å². The van der Waals surface area contributed by atoms with E-state index in [1.807, 2.05) is 13.8 Å². The molecule has 1 aromatic rings. The number of hydrogen-bond donors (Lipinski definition) is 1. The highest BCUT2D eigenvalue weighted by atomic mass is 35.5. The molecule has 1 N–H and O–H groups in total. The molecule has 1 heterocycles. The Morgan fingerprint density at radius 2 is 1.88 bits per heavy atom. The van der Waals surface area contributed by atoms with Crippen molar-refractivity contribution in [3.63, 3.8) is 0 Å². The molecule has 10 heteroatoms. The molecule has 0 radical (unpaired) electrons. The number of morpholine rings is 1. The lowest BCUT2D eigenvalue weighted by atomic mass is 10.2. The van der Waals surface area contributed by atoms with Crippen LogP contribution in [0.2, 0.25) is 5.02 Å². The Labute approximate surface area is 156 Å². The average molecular weight is 415 g/mol. The summed E-state index contributed by atoms with van der Waals surface area (Å²) in [5.74, 6) is 0. The van der Waals surface area contributed by atoms with Crippen LogP contribution in [-0.2, 0) is 20.9 Å². The van der Waals surface area contributed by atoms with E-state index in [1.54, 1.807) is 0 Å². The Kier molecular flexibility index (Phi) is 6.95. The van der Waals surface area contributed by atoms with E-state index in [9.17, 15) is 21.6 Å². The predicted molar refractivity (Wildman–Crippen MR) is 92.7 cm³/mol. The molecule has 26 heavy (non-hydrogen) atoms. The molecule has 1 aromatic carbocycles. The third kappa shape index (κ3) is 5.82. The van der Waals surface area contributed by atoms with Crippen molar-refractivity contribution in [2.24, 2.45) is 0 Å². The molecule has 1 fully saturated rings. The van der Waals surface area contributed by atoms with Crippen LogP contribution in [0.5, 0.6) is 0 Å². The number of sulfonamides is 1. The predicted octanol–water partition coefficient (Wildman–Crippen LogP) is 3.14. The van der Waals surface area contributed by atoms with Crippen molar-refractivity contribution in [3.8, 4) is 0 Å². The zero-order valence-corrected chi connectivity index (χ0v) is 16.1.